The Kier molecular flexibility index (Phi) is 4.20. The second-order valence-corrected chi connectivity index (χ2v) is 7.31. The first-order valence-corrected chi connectivity index (χ1v) is 9.17. The normalized spacial score (nSPS) is 18.4. The number of nitrogens with one attached hydrogen (secondary N) is 1. The summed E-state index contributed by atoms with van der Waals surface area (Å²) < 4.78 is 5.19. The highest BCUT2D eigenvalue weighted by molar-refractivity contribution is 6.31. The highest BCUT2D eigenvalue weighted by Crippen LogP contribution is 2.46. The van der Waals surface area contributed by atoms with Crippen LogP contribution in [-0.2, 0) is 23.2 Å². The van der Waals surface area contributed by atoms with Gasteiger partial charge in [0, 0.05) is 23.7 Å². The molecule has 1 saturated carbocycles. The minimum absolute atomic E-state index is 0.127. The van der Waals surface area contributed by atoms with E-state index >= 15 is 0 Å². The highest BCUT2D eigenvalue weighted by atomic mass is 35.5. The zero-order valence-electron chi connectivity index (χ0n) is 14.3. The topological polar surface area (TPSA) is 58.2 Å². The summed E-state index contributed by atoms with van der Waals surface area (Å²) in [6, 6.07) is 5.49. The van der Waals surface area contributed by atoms with E-state index in [4.69, 9.17) is 16.3 Å². The van der Waals surface area contributed by atoms with Gasteiger partial charge in [0.15, 0.2) is 0 Å². The van der Waals surface area contributed by atoms with E-state index in [9.17, 15) is 4.79 Å². The van der Waals surface area contributed by atoms with Crippen molar-refractivity contribution in [1.29, 1.82) is 0 Å². The molecule has 1 amide bonds. The lowest BCUT2D eigenvalue weighted by atomic mass is 9.85. The van der Waals surface area contributed by atoms with Crippen molar-refractivity contribution in [2.75, 3.05) is 13.7 Å². The van der Waals surface area contributed by atoms with Gasteiger partial charge in [0.05, 0.1) is 31.1 Å². The second kappa shape index (κ2) is 6.37. The van der Waals surface area contributed by atoms with Crippen LogP contribution in [0.5, 0.6) is 5.75 Å². The van der Waals surface area contributed by atoms with Gasteiger partial charge >= 0.3 is 0 Å². The van der Waals surface area contributed by atoms with E-state index in [0.29, 0.717) is 17.2 Å². The molecule has 1 fully saturated rings. The molecule has 1 N–H and O–H groups in total. The van der Waals surface area contributed by atoms with Crippen molar-refractivity contribution in [3.63, 3.8) is 0 Å². The fourth-order valence-corrected chi connectivity index (χ4v) is 4.60. The summed E-state index contributed by atoms with van der Waals surface area (Å²) in [7, 11) is 1.61. The van der Waals surface area contributed by atoms with Gasteiger partial charge in [-0.1, -0.05) is 30.5 Å². The van der Waals surface area contributed by atoms with E-state index in [2.05, 4.69) is 14.9 Å². The Morgan fingerprint density at radius 2 is 2.20 bits per heavy atom. The van der Waals surface area contributed by atoms with Crippen molar-refractivity contribution < 1.29 is 9.53 Å². The summed E-state index contributed by atoms with van der Waals surface area (Å²) in [5.41, 5.74) is 2.87. The Labute approximate surface area is 152 Å². The molecule has 2 heterocycles. The number of ether oxygens (including phenoxy) is 1. The average Bonchev–Trinajstić information content (AvgIpc) is 3.27. The largest absolute Gasteiger partial charge is 0.497 e. The monoisotopic (exact) mass is 359 g/mol. The van der Waals surface area contributed by atoms with E-state index in [-0.39, 0.29) is 11.4 Å². The summed E-state index contributed by atoms with van der Waals surface area (Å²) in [4.78, 5) is 23.1. The van der Waals surface area contributed by atoms with Crippen molar-refractivity contribution in [1.82, 2.24) is 14.9 Å². The third kappa shape index (κ3) is 2.71. The van der Waals surface area contributed by atoms with Crippen LogP contribution in [0.2, 0.25) is 5.02 Å². The second-order valence-electron chi connectivity index (χ2n) is 6.90. The summed E-state index contributed by atoms with van der Waals surface area (Å²) in [5, 5.41) is 0.575. The first-order valence-electron chi connectivity index (χ1n) is 8.80. The van der Waals surface area contributed by atoms with Crippen molar-refractivity contribution >= 4 is 17.5 Å². The van der Waals surface area contributed by atoms with Crippen LogP contribution in [-0.4, -0.2) is 34.4 Å². The molecule has 1 aliphatic carbocycles. The number of hydrogen-bond donors (Lipinski definition) is 1. The van der Waals surface area contributed by atoms with E-state index < -0.39 is 0 Å². The molecule has 25 heavy (non-hydrogen) atoms. The van der Waals surface area contributed by atoms with Crippen LogP contribution in [0.4, 0.5) is 0 Å². The molecular weight excluding hydrogens is 338 g/mol. The molecule has 1 aromatic carbocycles. The Balaban J connectivity index is 1.62. The minimum atomic E-state index is -0.233. The van der Waals surface area contributed by atoms with E-state index in [1.165, 1.54) is 5.69 Å². The zero-order valence-corrected chi connectivity index (χ0v) is 15.1. The summed E-state index contributed by atoms with van der Waals surface area (Å²) in [5.74, 6) is 0.829. The zero-order chi connectivity index (χ0) is 17.4. The number of halogens is 1. The lowest BCUT2D eigenvalue weighted by molar-refractivity contribution is -0.138. The predicted molar refractivity (Wildman–Crippen MR) is 95.9 cm³/mol. The summed E-state index contributed by atoms with van der Waals surface area (Å²) in [6.07, 6.45) is 7.17. The van der Waals surface area contributed by atoms with E-state index in [1.807, 2.05) is 12.1 Å². The molecule has 0 atom stereocenters. The maximum atomic E-state index is 13.2. The van der Waals surface area contributed by atoms with Crippen LogP contribution < -0.4 is 4.74 Å². The number of aromatic amines is 1. The highest BCUT2D eigenvalue weighted by Gasteiger charge is 2.48. The smallest absolute Gasteiger partial charge is 0.227 e. The van der Waals surface area contributed by atoms with Crippen molar-refractivity contribution in [2.24, 2.45) is 0 Å². The Morgan fingerprint density at radius 1 is 1.40 bits per heavy atom. The number of carbonyl (C=O) groups excluding carboxylic acids is 1. The Morgan fingerprint density at radius 3 is 2.92 bits per heavy atom. The molecule has 1 aromatic heterocycles. The summed E-state index contributed by atoms with van der Waals surface area (Å²) in [6.45, 7) is 0.738. The van der Waals surface area contributed by atoms with Gasteiger partial charge in [0.25, 0.3) is 0 Å². The van der Waals surface area contributed by atoms with Crippen LogP contribution in [0.15, 0.2) is 24.5 Å². The number of nitrogens with zero attached hydrogens (tertiary/aromatic N) is 2. The molecule has 132 valence electrons. The molecule has 2 aliphatic rings. The van der Waals surface area contributed by atoms with E-state index in [1.54, 1.807) is 19.5 Å². The van der Waals surface area contributed by atoms with Gasteiger partial charge in [-0.3, -0.25) is 4.79 Å². The minimum Gasteiger partial charge on any atom is -0.497 e. The van der Waals surface area contributed by atoms with Crippen LogP contribution in [0, 0.1) is 0 Å². The van der Waals surface area contributed by atoms with E-state index in [0.717, 1.165) is 49.9 Å². The molecule has 6 heteroatoms. The third-order valence-electron chi connectivity index (χ3n) is 5.59. The van der Waals surface area contributed by atoms with Gasteiger partial charge in [-0.05, 0) is 30.5 Å². The standard InChI is InChI=1S/C19H22ClN3O2/c1-25-14-5-4-13(15(20)11-14)10-17(24)23-9-6-16-18(22-12-21-16)19(23)7-2-3-8-19/h4-5,11-12H,2-3,6-10H2,1H3,(H,21,22). The first-order chi connectivity index (χ1) is 12.1. The molecule has 1 spiro atoms. The van der Waals surface area contributed by atoms with Gasteiger partial charge in [0.1, 0.15) is 5.75 Å². The van der Waals surface area contributed by atoms with Gasteiger partial charge in [-0.15, -0.1) is 0 Å². The Bertz CT molecular complexity index is 796. The number of carbonyl (C=O) groups is 1. The van der Waals surface area contributed by atoms with Crippen LogP contribution in [0.1, 0.15) is 42.6 Å². The number of aromatic nitrogens is 2. The molecule has 2 aromatic rings. The number of amides is 1. The molecule has 4 rings (SSSR count). The molecule has 0 bridgehead atoms. The summed E-state index contributed by atoms with van der Waals surface area (Å²) >= 11 is 6.34. The molecule has 0 radical (unpaired) electrons. The van der Waals surface area contributed by atoms with Gasteiger partial charge < -0.3 is 14.6 Å². The fraction of sp³-hybridized carbons (Fsp3) is 0.474. The number of imidazole rings is 1. The maximum absolute atomic E-state index is 13.2. The third-order valence-corrected chi connectivity index (χ3v) is 5.95. The first kappa shape index (κ1) is 16.5. The average molecular weight is 360 g/mol. The van der Waals surface area contributed by atoms with Crippen molar-refractivity contribution in [2.45, 2.75) is 44.1 Å². The number of H-pyrrole nitrogens is 1. The predicted octanol–water partition coefficient (Wildman–Crippen LogP) is 3.47. The number of hydrogen-bond acceptors (Lipinski definition) is 3. The fourth-order valence-electron chi connectivity index (χ4n) is 4.36. The van der Waals surface area contributed by atoms with Crippen LogP contribution >= 0.6 is 11.6 Å². The molecule has 5 nitrogen and oxygen atoms in total. The molecule has 0 unspecified atom stereocenters. The van der Waals surface area contributed by atoms with Crippen LogP contribution in [0.25, 0.3) is 0 Å². The van der Waals surface area contributed by atoms with Gasteiger partial charge in [-0.2, -0.15) is 0 Å². The number of methoxy groups -OCH3 is 1. The SMILES string of the molecule is COc1ccc(CC(=O)N2CCc3[nH]cnc3C23CCCC3)c(Cl)c1. The lowest BCUT2D eigenvalue weighted by Gasteiger charge is -2.44. The quantitative estimate of drug-likeness (QED) is 0.912. The lowest BCUT2D eigenvalue weighted by Crippen LogP contribution is -2.52. The molecule has 1 aliphatic heterocycles. The number of fused-ring (bicyclic) bond motifs is 2. The van der Waals surface area contributed by atoms with Crippen LogP contribution in [0.3, 0.4) is 0 Å². The Hall–Kier alpha value is -2.01. The van der Waals surface area contributed by atoms with Crippen molar-refractivity contribution in [3.8, 4) is 5.75 Å². The number of benzene rings is 1. The maximum Gasteiger partial charge on any atom is 0.227 e. The molecular formula is C19H22ClN3O2. The molecule has 0 saturated heterocycles. The van der Waals surface area contributed by atoms with Gasteiger partial charge in [-0.25, -0.2) is 4.98 Å². The number of rotatable bonds is 3. The van der Waals surface area contributed by atoms with Gasteiger partial charge in [0.2, 0.25) is 5.91 Å². The van der Waals surface area contributed by atoms with Crippen molar-refractivity contribution in [3.05, 3.63) is 46.5 Å².